The summed E-state index contributed by atoms with van der Waals surface area (Å²) in [6, 6.07) is 16.4. The predicted octanol–water partition coefficient (Wildman–Crippen LogP) is 5.40. The summed E-state index contributed by atoms with van der Waals surface area (Å²) < 4.78 is 76.8. The van der Waals surface area contributed by atoms with Crippen LogP contribution in [0.3, 0.4) is 0 Å². The van der Waals surface area contributed by atoms with Crippen molar-refractivity contribution in [2.24, 2.45) is 0 Å². The molecule has 45 heavy (non-hydrogen) atoms. The van der Waals surface area contributed by atoms with Crippen molar-refractivity contribution in [2.75, 3.05) is 37.4 Å². The van der Waals surface area contributed by atoms with E-state index in [1.807, 2.05) is 31.1 Å². The number of hydrogen-bond acceptors (Lipinski definition) is 7. The highest BCUT2D eigenvalue weighted by molar-refractivity contribution is 6.04. The van der Waals surface area contributed by atoms with Gasteiger partial charge in [0.2, 0.25) is 0 Å². The first-order valence-electron chi connectivity index (χ1n) is 12.6. The minimum Gasteiger partial charge on any atom is -0.508 e. The number of aliphatic carboxylic acids is 2. The Balaban J connectivity index is 0.000000601. The molecule has 0 saturated carbocycles. The average molecular weight is 651 g/mol. The van der Waals surface area contributed by atoms with Crippen molar-refractivity contribution in [3.05, 3.63) is 83.8 Å². The molecule has 1 aromatic heterocycles. The summed E-state index contributed by atoms with van der Waals surface area (Å²) >= 11 is 0. The molecule has 0 saturated heterocycles. The second-order valence-corrected chi connectivity index (χ2v) is 9.16. The van der Waals surface area contributed by atoms with Crippen molar-refractivity contribution in [3.63, 3.8) is 0 Å². The molecule has 0 bridgehead atoms. The number of nitrogens with zero attached hydrogens (tertiary/aromatic N) is 3. The van der Waals surface area contributed by atoms with E-state index < -0.39 is 30.1 Å². The highest BCUT2D eigenvalue weighted by Crippen LogP contribution is 2.18. The van der Waals surface area contributed by atoms with Crippen LogP contribution in [0.1, 0.15) is 22.3 Å². The van der Waals surface area contributed by atoms with Crippen LogP contribution in [-0.4, -0.2) is 82.6 Å². The lowest BCUT2D eigenvalue weighted by Crippen LogP contribution is -2.26. The second-order valence-electron chi connectivity index (χ2n) is 9.16. The number of carbonyl (C=O) groups is 3. The average Bonchev–Trinajstić information content (AvgIpc) is 2.93. The van der Waals surface area contributed by atoms with E-state index in [1.165, 1.54) is 18.2 Å². The molecule has 0 aliphatic heterocycles. The van der Waals surface area contributed by atoms with Crippen molar-refractivity contribution < 1.29 is 60.4 Å². The van der Waals surface area contributed by atoms with Gasteiger partial charge >= 0.3 is 24.3 Å². The Hall–Kier alpha value is -4.93. The highest BCUT2D eigenvalue weighted by atomic mass is 19.4. The summed E-state index contributed by atoms with van der Waals surface area (Å²) in [4.78, 5) is 38.7. The Bertz CT molecular complexity index is 1400. The van der Waals surface area contributed by atoms with Gasteiger partial charge in [-0.15, -0.1) is 0 Å². The molecule has 3 rings (SSSR count). The number of benzene rings is 2. The van der Waals surface area contributed by atoms with E-state index in [1.54, 1.807) is 36.5 Å². The number of carboxylic acid groups (broad SMARTS) is 2. The van der Waals surface area contributed by atoms with Crippen LogP contribution in [0.25, 0.3) is 0 Å². The number of amides is 1. The van der Waals surface area contributed by atoms with E-state index in [9.17, 15) is 40.6 Å². The van der Waals surface area contributed by atoms with Gasteiger partial charge in [-0.05, 0) is 62.0 Å². The van der Waals surface area contributed by atoms with Crippen LogP contribution in [0.5, 0.6) is 5.75 Å². The lowest BCUT2D eigenvalue weighted by Gasteiger charge is -2.21. The third-order valence-electron chi connectivity index (χ3n) is 5.36. The molecule has 0 aliphatic rings. The van der Waals surface area contributed by atoms with Gasteiger partial charge in [0.25, 0.3) is 5.91 Å². The van der Waals surface area contributed by atoms with Gasteiger partial charge in [-0.3, -0.25) is 4.79 Å². The number of phenolic OH excluding ortho intramolecular Hbond substituents is 1. The third-order valence-corrected chi connectivity index (χ3v) is 5.36. The zero-order valence-electron chi connectivity index (χ0n) is 23.7. The number of aromatic hydroxyl groups is 1. The minimum atomic E-state index is -5.08. The van der Waals surface area contributed by atoms with E-state index in [2.05, 4.69) is 15.2 Å². The fourth-order valence-electron chi connectivity index (χ4n) is 3.28. The lowest BCUT2D eigenvalue weighted by atomic mass is 10.2. The number of aromatic nitrogens is 1. The summed E-state index contributed by atoms with van der Waals surface area (Å²) in [5, 5.41) is 26.6. The molecule has 4 N–H and O–H groups in total. The molecule has 0 aliphatic carbocycles. The van der Waals surface area contributed by atoms with Crippen LogP contribution in [0.2, 0.25) is 0 Å². The van der Waals surface area contributed by atoms with E-state index >= 15 is 0 Å². The number of rotatable bonds is 9. The topological polar surface area (TPSA) is 143 Å². The fraction of sp³-hybridized carbons (Fsp3) is 0.286. The van der Waals surface area contributed by atoms with Gasteiger partial charge in [-0.1, -0.05) is 18.2 Å². The van der Waals surface area contributed by atoms with Crippen molar-refractivity contribution >= 4 is 29.4 Å². The molecule has 0 unspecified atom stereocenters. The van der Waals surface area contributed by atoms with Crippen LogP contribution in [-0.2, 0) is 16.1 Å². The molecule has 0 fully saturated rings. The summed E-state index contributed by atoms with van der Waals surface area (Å²) in [6.45, 7) is 2.44. The highest BCUT2D eigenvalue weighted by Gasteiger charge is 2.38. The van der Waals surface area contributed by atoms with Gasteiger partial charge in [0.05, 0.1) is 0 Å². The molecule has 246 valence electrons. The number of phenols is 1. The maximum absolute atomic E-state index is 13.3. The summed E-state index contributed by atoms with van der Waals surface area (Å²) in [7, 11) is 4.00. The van der Waals surface area contributed by atoms with E-state index in [-0.39, 0.29) is 17.2 Å². The zero-order chi connectivity index (χ0) is 34.4. The molecule has 0 radical (unpaired) electrons. The maximum atomic E-state index is 13.3. The maximum Gasteiger partial charge on any atom is 0.490 e. The van der Waals surface area contributed by atoms with E-state index in [0.29, 0.717) is 5.69 Å². The summed E-state index contributed by atoms with van der Waals surface area (Å²) in [5.74, 6) is -5.31. The fourth-order valence-corrected chi connectivity index (χ4v) is 3.28. The van der Waals surface area contributed by atoms with Gasteiger partial charge in [0, 0.05) is 43.7 Å². The molecular weight excluding hydrogens is 621 g/mol. The molecule has 2 aromatic carbocycles. The number of nitrogens with one attached hydrogen (secondary N) is 1. The van der Waals surface area contributed by atoms with Crippen LogP contribution in [0.4, 0.5) is 42.2 Å². The molecule has 1 amide bonds. The standard InChI is InChI=1S/C24H27FN4O2.2C2HF3O2/c1-28(17-18-6-3-9-22(30)14-18)12-5-13-29(2)23-16-21(10-11-26-23)27-24(31)19-7-4-8-20(25)15-19;2*3-2(4,5)1(6)7/h3-4,6-11,14-16,30H,5,12-13,17H2,1-2H3,(H,26,27,31);2*(H,6,7). The molecule has 10 nitrogen and oxygen atoms in total. The Kier molecular flexibility index (Phi) is 14.7. The first-order chi connectivity index (χ1) is 20.8. The normalized spacial score (nSPS) is 11.0. The zero-order valence-corrected chi connectivity index (χ0v) is 23.7. The minimum absolute atomic E-state index is 0.265. The van der Waals surface area contributed by atoms with Crippen molar-refractivity contribution in [1.82, 2.24) is 9.88 Å². The Morgan fingerprint density at radius 1 is 0.844 bits per heavy atom. The van der Waals surface area contributed by atoms with Crippen LogP contribution >= 0.6 is 0 Å². The van der Waals surface area contributed by atoms with E-state index in [4.69, 9.17) is 19.8 Å². The number of hydrogen-bond donors (Lipinski definition) is 4. The molecule has 17 heteroatoms. The van der Waals surface area contributed by atoms with Crippen molar-refractivity contribution in [1.29, 1.82) is 0 Å². The quantitative estimate of drug-likeness (QED) is 0.224. The van der Waals surface area contributed by atoms with Crippen LogP contribution in [0.15, 0.2) is 66.9 Å². The van der Waals surface area contributed by atoms with Gasteiger partial charge < -0.3 is 30.4 Å². The Morgan fingerprint density at radius 3 is 1.96 bits per heavy atom. The summed E-state index contributed by atoms with van der Waals surface area (Å²) in [6.07, 6.45) is -7.60. The van der Waals surface area contributed by atoms with Crippen molar-refractivity contribution in [2.45, 2.75) is 25.3 Å². The second kappa shape index (κ2) is 17.4. The number of carbonyl (C=O) groups excluding carboxylic acids is 1. The van der Waals surface area contributed by atoms with Crippen LogP contribution < -0.4 is 10.2 Å². The molecule has 0 atom stereocenters. The predicted molar refractivity (Wildman–Crippen MR) is 148 cm³/mol. The first-order valence-corrected chi connectivity index (χ1v) is 12.6. The van der Waals surface area contributed by atoms with E-state index in [0.717, 1.165) is 37.4 Å². The van der Waals surface area contributed by atoms with Gasteiger partial charge in [0.1, 0.15) is 17.4 Å². The van der Waals surface area contributed by atoms with Gasteiger partial charge in [0.15, 0.2) is 0 Å². The monoisotopic (exact) mass is 650 g/mol. The molecule has 1 heterocycles. The summed E-state index contributed by atoms with van der Waals surface area (Å²) in [5.41, 5.74) is 1.94. The number of alkyl halides is 6. The molecular formula is C28H29F7N4O6. The number of carboxylic acids is 2. The smallest absolute Gasteiger partial charge is 0.490 e. The van der Waals surface area contributed by atoms with Crippen molar-refractivity contribution in [3.8, 4) is 5.75 Å². The number of anilines is 2. The van der Waals surface area contributed by atoms with Gasteiger partial charge in [-0.25, -0.2) is 19.0 Å². The van der Waals surface area contributed by atoms with Gasteiger partial charge in [-0.2, -0.15) is 26.3 Å². The Labute approximate surface area is 252 Å². The largest absolute Gasteiger partial charge is 0.508 e. The molecule has 0 spiro atoms. The first kappa shape index (κ1) is 38.1. The molecule has 3 aromatic rings. The lowest BCUT2D eigenvalue weighted by molar-refractivity contribution is -0.193. The SMILES string of the molecule is CN(CCCN(C)c1cc(NC(=O)c2cccc(F)c2)ccn1)Cc1cccc(O)c1.O=C(O)C(F)(F)F.O=C(O)C(F)(F)F. The number of pyridine rings is 1. The number of halogens is 7. The van der Waals surface area contributed by atoms with Crippen LogP contribution in [0, 0.1) is 5.82 Å². The third kappa shape index (κ3) is 15.4. The Morgan fingerprint density at radius 2 is 1.42 bits per heavy atom.